The minimum Gasteiger partial charge on any atom is -0.497 e. The lowest BCUT2D eigenvalue weighted by Crippen LogP contribution is -1.90. The Kier molecular flexibility index (Phi) is 4.32. The quantitative estimate of drug-likeness (QED) is 0.370. The van der Waals surface area contributed by atoms with Crippen LogP contribution in [0.15, 0.2) is 48.5 Å². The smallest absolute Gasteiger partial charge is 0.270 e. The van der Waals surface area contributed by atoms with Crippen LogP contribution < -0.4 is 4.74 Å². The lowest BCUT2D eigenvalue weighted by atomic mass is 10.0. The number of allylic oxidation sites excluding steroid dienone is 1. The van der Waals surface area contributed by atoms with Crippen LogP contribution in [0.1, 0.15) is 11.1 Å². The van der Waals surface area contributed by atoms with Gasteiger partial charge in [0.05, 0.1) is 23.7 Å². The van der Waals surface area contributed by atoms with Gasteiger partial charge in [-0.25, -0.2) is 0 Å². The summed E-state index contributed by atoms with van der Waals surface area (Å²) >= 11 is 0. The number of hydrogen-bond donors (Lipinski definition) is 0. The van der Waals surface area contributed by atoms with Crippen molar-refractivity contribution in [1.29, 1.82) is 5.26 Å². The van der Waals surface area contributed by atoms with E-state index in [1.807, 2.05) is 12.1 Å². The summed E-state index contributed by atoms with van der Waals surface area (Å²) in [6.07, 6.45) is 1.67. The fraction of sp³-hybridized carbons (Fsp3) is 0.0625. The molecule has 2 aromatic carbocycles. The molecule has 104 valence electrons. The second-order valence-corrected chi connectivity index (χ2v) is 4.25. The fourth-order valence-corrected chi connectivity index (χ4v) is 1.87. The molecule has 0 aromatic heterocycles. The number of benzene rings is 2. The molecule has 5 heteroatoms. The largest absolute Gasteiger partial charge is 0.497 e. The van der Waals surface area contributed by atoms with Gasteiger partial charge in [-0.15, -0.1) is 0 Å². The van der Waals surface area contributed by atoms with Crippen LogP contribution in [-0.2, 0) is 0 Å². The maximum Gasteiger partial charge on any atom is 0.270 e. The van der Waals surface area contributed by atoms with Gasteiger partial charge in [0.15, 0.2) is 0 Å². The van der Waals surface area contributed by atoms with Crippen molar-refractivity contribution in [2.75, 3.05) is 7.11 Å². The summed E-state index contributed by atoms with van der Waals surface area (Å²) in [6.45, 7) is 0. The second kappa shape index (κ2) is 6.35. The van der Waals surface area contributed by atoms with Crippen molar-refractivity contribution in [2.45, 2.75) is 0 Å². The Morgan fingerprint density at radius 1 is 1.29 bits per heavy atom. The predicted molar refractivity (Wildman–Crippen MR) is 79.6 cm³/mol. The highest BCUT2D eigenvalue weighted by atomic mass is 16.6. The zero-order valence-corrected chi connectivity index (χ0v) is 11.3. The first-order valence-electron chi connectivity index (χ1n) is 6.14. The molecule has 0 atom stereocenters. The van der Waals surface area contributed by atoms with Gasteiger partial charge in [-0.2, -0.15) is 5.26 Å². The Bertz CT molecular complexity index is 745. The summed E-state index contributed by atoms with van der Waals surface area (Å²) in [5, 5.41) is 20.1. The molecule has 0 unspecified atom stereocenters. The van der Waals surface area contributed by atoms with Gasteiger partial charge < -0.3 is 4.74 Å². The molecule has 0 N–H and O–H groups in total. The van der Waals surface area contributed by atoms with Gasteiger partial charge in [0.1, 0.15) is 5.75 Å². The Morgan fingerprint density at radius 3 is 2.71 bits per heavy atom. The van der Waals surface area contributed by atoms with Gasteiger partial charge in [0.25, 0.3) is 5.69 Å². The van der Waals surface area contributed by atoms with Crippen molar-refractivity contribution >= 4 is 17.3 Å². The van der Waals surface area contributed by atoms with Crippen molar-refractivity contribution in [3.05, 3.63) is 69.8 Å². The van der Waals surface area contributed by atoms with E-state index in [9.17, 15) is 15.4 Å². The number of non-ortho nitro benzene ring substituents is 1. The first kappa shape index (κ1) is 14.3. The molecule has 0 saturated heterocycles. The van der Waals surface area contributed by atoms with Gasteiger partial charge in [0, 0.05) is 12.1 Å². The van der Waals surface area contributed by atoms with Crippen LogP contribution in [0, 0.1) is 21.4 Å². The van der Waals surface area contributed by atoms with E-state index in [0.29, 0.717) is 16.9 Å². The molecule has 0 aliphatic rings. The third kappa shape index (κ3) is 3.45. The standard InChI is InChI=1S/C16H12N2O3/c1-21-16-7-2-4-12(9-16)8-14(11-17)13-5-3-6-15(10-13)18(19)20/h2-10H,1H3/b14-8-. The second-order valence-electron chi connectivity index (χ2n) is 4.25. The summed E-state index contributed by atoms with van der Waals surface area (Å²) in [4.78, 5) is 10.3. The summed E-state index contributed by atoms with van der Waals surface area (Å²) in [7, 11) is 1.56. The molecule has 21 heavy (non-hydrogen) atoms. The molecular weight excluding hydrogens is 268 g/mol. The normalized spacial score (nSPS) is 10.8. The van der Waals surface area contributed by atoms with E-state index in [-0.39, 0.29) is 5.69 Å². The summed E-state index contributed by atoms with van der Waals surface area (Å²) in [5.41, 5.74) is 1.61. The molecule has 0 heterocycles. The molecule has 0 fully saturated rings. The van der Waals surface area contributed by atoms with Gasteiger partial charge >= 0.3 is 0 Å². The number of ether oxygens (including phenoxy) is 1. The van der Waals surface area contributed by atoms with Gasteiger partial charge in [-0.1, -0.05) is 24.3 Å². The number of rotatable bonds is 4. The van der Waals surface area contributed by atoms with E-state index in [4.69, 9.17) is 4.74 Å². The minimum atomic E-state index is -0.482. The number of nitriles is 1. The average molecular weight is 280 g/mol. The molecule has 2 rings (SSSR count). The van der Waals surface area contributed by atoms with Crippen LogP contribution in [0.3, 0.4) is 0 Å². The number of nitrogens with zero attached hydrogens (tertiary/aromatic N) is 2. The number of methoxy groups -OCH3 is 1. The predicted octanol–water partition coefficient (Wildman–Crippen LogP) is 3.67. The van der Waals surface area contributed by atoms with E-state index < -0.39 is 4.92 Å². The van der Waals surface area contributed by atoms with E-state index in [1.165, 1.54) is 12.1 Å². The molecule has 0 aliphatic carbocycles. The highest BCUT2D eigenvalue weighted by Crippen LogP contribution is 2.23. The highest BCUT2D eigenvalue weighted by molar-refractivity contribution is 5.90. The van der Waals surface area contributed by atoms with Crippen LogP contribution in [-0.4, -0.2) is 12.0 Å². The lowest BCUT2D eigenvalue weighted by Gasteiger charge is -2.02. The number of nitro benzene ring substituents is 1. The van der Waals surface area contributed by atoms with Crippen LogP contribution in [0.4, 0.5) is 5.69 Å². The van der Waals surface area contributed by atoms with Crippen molar-refractivity contribution in [3.63, 3.8) is 0 Å². The Morgan fingerprint density at radius 2 is 2.05 bits per heavy atom. The molecule has 0 radical (unpaired) electrons. The maximum absolute atomic E-state index is 10.8. The minimum absolute atomic E-state index is 0.0423. The van der Waals surface area contributed by atoms with Crippen molar-refractivity contribution in [1.82, 2.24) is 0 Å². The van der Waals surface area contributed by atoms with Gasteiger partial charge in [-0.3, -0.25) is 10.1 Å². The monoisotopic (exact) mass is 280 g/mol. The summed E-state index contributed by atoms with van der Waals surface area (Å²) in [6, 6.07) is 15.3. The van der Waals surface area contributed by atoms with E-state index in [2.05, 4.69) is 6.07 Å². The Labute approximate surface area is 121 Å². The van der Waals surface area contributed by atoms with E-state index >= 15 is 0 Å². The van der Waals surface area contributed by atoms with E-state index in [1.54, 1.807) is 37.5 Å². The molecule has 0 amide bonds. The first-order chi connectivity index (χ1) is 10.1. The zero-order valence-electron chi connectivity index (χ0n) is 11.3. The number of nitro groups is 1. The van der Waals surface area contributed by atoms with Crippen LogP contribution in [0.25, 0.3) is 11.6 Å². The Hall–Kier alpha value is -3.13. The molecule has 5 nitrogen and oxygen atoms in total. The van der Waals surface area contributed by atoms with Gasteiger partial charge in [-0.05, 0) is 29.3 Å². The van der Waals surface area contributed by atoms with Crippen molar-refractivity contribution in [2.24, 2.45) is 0 Å². The number of hydrogen-bond acceptors (Lipinski definition) is 4. The molecule has 0 aliphatic heterocycles. The fourth-order valence-electron chi connectivity index (χ4n) is 1.87. The first-order valence-corrected chi connectivity index (χ1v) is 6.14. The van der Waals surface area contributed by atoms with Crippen molar-refractivity contribution < 1.29 is 9.66 Å². The molecule has 0 saturated carbocycles. The lowest BCUT2D eigenvalue weighted by molar-refractivity contribution is -0.384. The Balaban J connectivity index is 2.43. The highest BCUT2D eigenvalue weighted by Gasteiger charge is 2.08. The maximum atomic E-state index is 10.8. The SMILES string of the molecule is COc1cccc(/C=C(/C#N)c2cccc([N+](=O)[O-])c2)c1. The van der Waals surface area contributed by atoms with Gasteiger partial charge in [0.2, 0.25) is 0 Å². The van der Waals surface area contributed by atoms with Crippen molar-refractivity contribution in [3.8, 4) is 11.8 Å². The topological polar surface area (TPSA) is 76.2 Å². The molecule has 2 aromatic rings. The third-order valence-electron chi connectivity index (χ3n) is 2.89. The summed E-state index contributed by atoms with van der Waals surface area (Å²) in [5.74, 6) is 0.681. The van der Waals surface area contributed by atoms with Crippen LogP contribution in [0.2, 0.25) is 0 Å². The van der Waals surface area contributed by atoms with Crippen LogP contribution >= 0.6 is 0 Å². The summed E-state index contributed by atoms with van der Waals surface area (Å²) < 4.78 is 5.12. The van der Waals surface area contributed by atoms with Crippen LogP contribution in [0.5, 0.6) is 5.75 Å². The van der Waals surface area contributed by atoms with E-state index in [0.717, 1.165) is 5.56 Å². The molecular formula is C16H12N2O3. The molecule has 0 spiro atoms. The zero-order chi connectivity index (χ0) is 15.2. The average Bonchev–Trinajstić information content (AvgIpc) is 2.53. The third-order valence-corrected chi connectivity index (χ3v) is 2.89. The molecule has 0 bridgehead atoms.